The monoisotopic (exact) mass is 867 g/mol. The molecule has 5 heterocycles. The van der Waals surface area contributed by atoms with Crippen molar-refractivity contribution in [3.63, 3.8) is 0 Å². The quantitative estimate of drug-likeness (QED) is 0.148. The van der Waals surface area contributed by atoms with Crippen LogP contribution in [0.4, 0.5) is 0 Å². The molecule has 16 nitrogen and oxygen atoms in total. The Balaban J connectivity index is 0.952. The fourth-order valence-corrected chi connectivity index (χ4v) is 14.7. The summed E-state index contributed by atoms with van der Waals surface area (Å²) in [5, 5.41) is 95.8. The van der Waals surface area contributed by atoms with Crippen LogP contribution in [-0.2, 0) is 28.4 Å². The van der Waals surface area contributed by atoms with Gasteiger partial charge in [-0.25, -0.2) is 0 Å². The van der Waals surface area contributed by atoms with Gasteiger partial charge in [-0.3, -0.25) is 4.90 Å². The van der Waals surface area contributed by atoms with E-state index < -0.39 is 105 Å². The number of allylic oxidation sites excluding steroid dienone is 1. The first-order valence-corrected chi connectivity index (χ1v) is 23.4. The third-order valence-electron chi connectivity index (χ3n) is 18.0. The van der Waals surface area contributed by atoms with E-state index in [1.807, 2.05) is 0 Å². The van der Waals surface area contributed by atoms with E-state index in [1.54, 1.807) is 0 Å². The Labute approximate surface area is 359 Å². The molecule has 4 aliphatic carbocycles. The minimum absolute atomic E-state index is 0.00462. The van der Waals surface area contributed by atoms with Crippen LogP contribution in [0.25, 0.3) is 0 Å². The fraction of sp³-hybridized carbons (Fsp3) is 0.956. The van der Waals surface area contributed by atoms with Gasteiger partial charge in [-0.1, -0.05) is 39.3 Å². The zero-order valence-corrected chi connectivity index (χ0v) is 36.3. The van der Waals surface area contributed by atoms with Gasteiger partial charge in [0.25, 0.3) is 0 Å². The summed E-state index contributed by atoms with van der Waals surface area (Å²) < 4.78 is 36.8. The predicted molar refractivity (Wildman–Crippen MR) is 215 cm³/mol. The van der Waals surface area contributed by atoms with Crippen LogP contribution in [0.1, 0.15) is 92.4 Å². The number of hydrogen-bond acceptors (Lipinski definition) is 16. The Morgan fingerprint density at radius 3 is 2.05 bits per heavy atom. The van der Waals surface area contributed by atoms with Crippen LogP contribution in [0.15, 0.2) is 11.6 Å². The summed E-state index contributed by atoms with van der Waals surface area (Å²) >= 11 is 0. The summed E-state index contributed by atoms with van der Waals surface area (Å²) in [7, 11) is 0. The van der Waals surface area contributed by atoms with Crippen LogP contribution < -0.4 is 0 Å². The van der Waals surface area contributed by atoms with Gasteiger partial charge < -0.3 is 74.4 Å². The number of ether oxygens (including phenoxy) is 6. The standard InChI is InChI=1S/C45H73NO15/c1-19-6-9-27-20(2)31-28(46(27)16-19)15-26-24-8-7-22-14-23(10-12-44(22,4)25(24)11-13-45(26,31)5)57-43-40(61-41-37(54)35(52)32(49)21(3)56-41)39(34(51)30(18-48)59-43)60-42-38(55)36(53)33(50)29(17-47)58-42/h7,19-21,23-43,47-55H,6,8-18H2,1-5H3/t19-,20+,21-,23-,24+,25-,26-,27-,28-,29+,30+,31-,32-,33+,34-,35+,36-,37+,38+,39-,40+,41-,42-,43+,44-,45-/m0/s1. The molecule has 9 N–H and O–H groups in total. The minimum atomic E-state index is -1.83. The molecule has 0 radical (unpaired) electrons. The maximum Gasteiger partial charge on any atom is 0.187 e. The first-order valence-electron chi connectivity index (χ1n) is 23.4. The highest BCUT2D eigenvalue weighted by Gasteiger charge is 2.66. The molecule has 0 aromatic carbocycles. The molecule has 0 spiro atoms. The highest BCUT2D eigenvalue weighted by Crippen LogP contribution is 2.70. The molecule has 348 valence electrons. The molecule has 0 aromatic rings. The molecule has 0 amide bonds. The van der Waals surface area contributed by atoms with E-state index in [-0.39, 0.29) is 11.5 Å². The fourth-order valence-electron chi connectivity index (χ4n) is 14.7. The molecule has 5 saturated heterocycles. The number of nitrogens with zero attached hydrogens (tertiary/aromatic N) is 1. The molecule has 0 bridgehead atoms. The van der Waals surface area contributed by atoms with Gasteiger partial charge in [0.1, 0.15) is 67.1 Å². The molecule has 0 aromatic heterocycles. The van der Waals surface area contributed by atoms with Crippen molar-refractivity contribution >= 4 is 0 Å². The van der Waals surface area contributed by atoms with Gasteiger partial charge in [0, 0.05) is 18.6 Å². The first-order chi connectivity index (χ1) is 29.0. The molecule has 16 heteroatoms. The van der Waals surface area contributed by atoms with Crippen molar-refractivity contribution in [2.45, 2.75) is 203 Å². The smallest absolute Gasteiger partial charge is 0.187 e. The van der Waals surface area contributed by atoms with Crippen LogP contribution in [0, 0.1) is 46.3 Å². The van der Waals surface area contributed by atoms with Crippen LogP contribution in [0.5, 0.6) is 0 Å². The summed E-state index contributed by atoms with van der Waals surface area (Å²) in [6.45, 7) is 11.4. The summed E-state index contributed by atoms with van der Waals surface area (Å²) in [5.41, 5.74) is 1.72. The van der Waals surface area contributed by atoms with Crippen molar-refractivity contribution in [3.05, 3.63) is 11.6 Å². The number of piperidine rings is 1. The number of rotatable bonds is 8. The van der Waals surface area contributed by atoms with Crippen molar-refractivity contribution in [2.75, 3.05) is 19.8 Å². The van der Waals surface area contributed by atoms with Crippen molar-refractivity contribution in [2.24, 2.45) is 46.3 Å². The van der Waals surface area contributed by atoms with Crippen molar-refractivity contribution in [1.82, 2.24) is 4.90 Å². The second-order valence-electron chi connectivity index (χ2n) is 21.2. The minimum Gasteiger partial charge on any atom is -0.394 e. The molecule has 5 aliphatic heterocycles. The van der Waals surface area contributed by atoms with Gasteiger partial charge >= 0.3 is 0 Å². The van der Waals surface area contributed by atoms with E-state index in [1.165, 1.54) is 51.1 Å². The van der Waals surface area contributed by atoms with E-state index in [0.717, 1.165) is 36.6 Å². The molecule has 61 heavy (non-hydrogen) atoms. The molecule has 26 atom stereocenters. The van der Waals surface area contributed by atoms with E-state index in [4.69, 9.17) is 28.4 Å². The Kier molecular flexibility index (Phi) is 12.7. The second-order valence-corrected chi connectivity index (χ2v) is 21.2. The number of aliphatic hydroxyl groups excluding tert-OH is 9. The lowest BCUT2D eigenvalue weighted by atomic mass is 9.47. The highest BCUT2D eigenvalue weighted by atomic mass is 16.8. The zero-order valence-electron chi connectivity index (χ0n) is 36.3. The zero-order chi connectivity index (χ0) is 43.4. The van der Waals surface area contributed by atoms with E-state index >= 15 is 0 Å². The maximum absolute atomic E-state index is 11.6. The Morgan fingerprint density at radius 1 is 0.672 bits per heavy atom. The van der Waals surface area contributed by atoms with E-state index in [0.29, 0.717) is 42.1 Å². The van der Waals surface area contributed by atoms with Crippen LogP contribution in [0.3, 0.4) is 0 Å². The maximum atomic E-state index is 11.6. The Morgan fingerprint density at radius 2 is 1.33 bits per heavy atom. The molecule has 9 rings (SSSR count). The third kappa shape index (κ3) is 7.42. The van der Waals surface area contributed by atoms with Gasteiger partial charge in [-0.15, -0.1) is 0 Å². The summed E-state index contributed by atoms with van der Waals surface area (Å²) in [6, 6.07) is 1.43. The molecule has 0 unspecified atom stereocenters. The normalized spacial score (nSPS) is 57.3. The summed E-state index contributed by atoms with van der Waals surface area (Å²) in [5.74, 6) is 4.15. The van der Waals surface area contributed by atoms with Gasteiger partial charge in [-0.2, -0.15) is 0 Å². The Hall–Kier alpha value is -0.900. The third-order valence-corrected chi connectivity index (χ3v) is 18.0. The summed E-state index contributed by atoms with van der Waals surface area (Å²) in [6.07, 6.45) is -11.1. The molecule has 8 fully saturated rings. The lowest BCUT2D eigenvalue weighted by Gasteiger charge is -2.58. The van der Waals surface area contributed by atoms with Crippen LogP contribution >= 0.6 is 0 Å². The van der Waals surface area contributed by atoms with Gasteiger partial charge in [0.2, 0.25) is 0 Å². The predicted octanol–water partition coefficient (Wildman–Crippen LogP) is 0.155. The molecular formula is C45H73NO15. The van der Waals surface area contributed by atoms with E-state index in [9.17, 15) is 46.0 Å². The molecule has 9 aliphatic rings. The average molecular weight is 868 g/mol. The van der Waals surface area contributed by atoms with Crippen molar-refractivity contribution in [3.8, 4) is 0 Å². The first kappa shape index (κ1) is 45.3. The van der Waals surface area contributed by atoms with Crippen molar-refractivity contribution in [1.29, 1.82) is 0 Å². The topological polar surface area (TPSA) is 241 Å². The average Bonchev–Trinajstić information content (AvgIpc) is 3.71. The van der Waals surface area contributed by atoms with Gasteiger partial charge in [-0.05, 0) is 111 Å². The number of fused-ring (bicyclic) bond motifs is 9. The second kappa shape index (κ2) is 17.1. The van der Waals surface area contributed by atoms with Crippen LogP contribution in [-0.4, -0.2) is 181 Å². The largest absolute Gasteiger partial charge is 0.394 e. The number of aliphatic hydroxyl groups is 9. The SMILES string of the molecule is C[C@H]1CC[C@H]2[C@@H](C)[C@H]3[C@H](C[C@H]4[C@@H]5CC=C6C[C@@H](O[C@@H]7O[C@H](CO)[C@H](O)[C@H](O[C@@H]8O[C@H](CO)[C@@H](O)[C@H](O)[C@H]8O)[C@H]7O[C@@H]7O[C@@H](C)[C@H](O)[C@@H](O)[C@H]7O)CC[C@]6(C)[C@H]5CC[C@]34C)N2C1. The highest BCUT2D eigenvalue weighted by molar-refractivity contribution is 5.27. The molecule has 3 saturated carbocycles. The lowest BCUT2D eigenvalue weighted by Crippen LogP contribution is -2.67. The summed E-state index contributed by atoms with van der Waals surface area (Å²) in [4.78, 5) is 2.94. The lowest BCUT2D eigenvalue weighted by molar-refractivity contribution is -0.394. The molecular weight excluding hydrogens is 794 g/mol. The van der Waals surface area contributed by atoms with Crippen LogP contribution in [0.2, 0.25) is 0 Å². The Bertz CT molecular complexity index is 1590. The van der Waals surface area contributed by atoms with Crippen molar-refractivity contribution < 1.29 is 74.4 Å². The van der Waals surface area contributed by atoms with Gasteiger partial charge in [0.05, 0.1) is 25.4 Å². The van der Waals surface area contributed by atoms with Gasteiger partial charge in [0.15, 0.2) is 18.9 Å². The number of hydrogen-bond donors (Lipinski definition) is 9. The van der Waals surface area contributed by atoms with E-state index in [2.05, 4.69) is 38.7 Å².